The van der Waals surface area contributed by atoms with Gasteiger partial charge in [0.05, 0.1) is 12.7 Å². The number of rotatable bonds is 16. The Morgan fingerprint density at radius 1 is 1.16 bits per heavy atom. The second-order valence-corrected chi connectivity index (χ2v) is 15.2. The molecule has 2 heterocycles. The van der Waals surface area contributed by atoms with Crippen molar-refractivity contribution in [1.82, 2.24) is 14.6 Å². The van der Waals surface area contributed by atoms with Crippen LogP contribution in [-0.2, 0) is 48.8 Å². The molecule has 5 atom stereocenters. The smallest absolute Gasteiger partial charge is 0.413 e. The molecule has 16 nitrogen and oxygen atoms in total. The van der Waals surface area contributed by atoms with Gasteiger partial charge in [-0.2, -0.15) is 4.98 Å². The minimum Gasteiger partial charge on any atom is -0.462 e. The molecule has 0 bridgehead atoms. The molecule has 1 fully saturated rings. The number of nitrogens with one attached hydrogen (secondary N) is 2. The van der Waals surface area contributed by atoms with Crippen LogP contribution in [-0.4, -0.2) is 81.9 Å². The molecule has 2 aromatic rings. The summed E-state index contributed by atoms with van der Waals surface area (Å²) >= 11 is 0.992. The zero-order chi connectivity index (χ0) is 36.4. The van der Waals surface area contributed by atoms with Crippen molar-refractivity contribution >= 4 is 42.5 Å². The zero-order valence-corrected chi connectivity index (χ0v) is 30.3. The van der Waals surface area contributed by atoms with Gasteiger partial charge in [0, 0.05) is 30.9 Å². The highest BCUT2D eigenvalue weighted by molar-refractivity contribution is 8.13. The number of hydrogen-bond acceptors (Lipinski definition) is 14. The number of esters is 1. The second-order valence-electron chi connectivity index (χ2n) is 12.4. The largest absolute Gasteiger partial charge is 0.462 e. The quantitative estimate of drug-likeness (QED) is 0.127. The van der Waals surface area contributed by atoms with Crippen molar-refractivity contribution in [2.75, 3.05) is 31.4 Å². The summed E-state index contributed by atoms with van der Waals surface area (Å²) in [5, 5.41) is 15.8. The van der Waals surface area contributed by atoms with E-state index in [1.54, 1.807) is 58.9 Å². The zero-order valence-electron chi connectivity index (χ0n) is 28.6. The van der Waals surface area contributed by atoms with E-state index >= 15 is 0 Å². The normalized spacial score (nSPS) is 21.2. The third-order valence-corrected chi connectivity index (χ3v) is 9.82. The molecular formula is C31H45N4O12PS. The van der Waals surface area contributed by atoms with Crippen molar-refractivity contribution in [1.29, 1.82) is 0 Å². The molecule has 1 amide bonds. The number of nitrogens with zero attached hydrogens (tertiary/aromatic N) is 2. The highest BCUT2D eigenvalue weighted by Gasteiger charge is 2.51. The van der Waals surface area contributed by atoms with Crippen LogP contribution in [0.15, 0.2) is 47.4 Å². The maximum absolute atomic E-state index is 13.9. The SMILES string of the molecule is CO[C@]1(COP(=O)(N[C@@H](C)C(=O)OC(C)C)OCCSC(=O)C(C)(C)C)O[C@@H](n2ccc(NC(=O)OCc3ccccc3)nc2=O)C[C@@H]1O. The number of amides is 1. The van der Waals surface area contributed by atoms with E-state index in [4.69, 9.17) is 28.0 Å². The first-order chi connectivity index (χ1) is 23.0. The number of anilines is 1. The molecule has 3 rings (SSSR count). The fourth-order valence-corrected chi connectivity index (χ4v) is 6.65. The topological polar surface area (TPSA) is 203 Å². The lowest BCUT2D eigenvalue weighted by Gasteiger charge is -2.32. The molecule has 49 heavy (non-hydrogen) atoms. The number of benzene rings is 1. The van der Waals surface area contributed by atoms with Gasteiger partial charge in [-0.05, 0) is 32.4 Å². The number of methoxy groups -OCH3 is 1. The number of carbonyl (C=O) groups excluding carboxylic acids is 3. The van der Waals surface area contributed by atoms with Gasteiger partial charge in [-0.1, -0.05) is 62.9 Å². The molecule has 0 spiro atoms. The Hall–Kier alpha value is -3.15. The lowest BCUT2D eigenvalue weighted by molar-refractivity contribution is -0.267. The molecule has 1 unspecified atom stereocenters. The van der Waals surface area contributed by atoms with Crippen molar-refractivity contribution in [3.05, 3.63) is 58.6 Å². The second kappa shape index (κ2) is 17.7. The fraction of sp³-hybridized carbons (Fsp3) is 0.581. The van der Waals surface area contributed by atoms with Crippen LogP contribution in [0, 0.1) is 5.41 Å². The summed E-state index contributed by atoms with van der Waals surface area (Å²) in [6.45, 7) is 9.18. The Balaban J connectivity index is 1.68. The molecule has 0 saturated carbocycles. The first kappa shape index (κ1) is 40.3. The van der Waals surface area contributed by atoms with Gasteiger partial charge in [0.2, 0.25) is 5.79 Å². The van der Waals surface area contributed by atoms with Gasteiger partial charge >= 0.3 is 25.5 Å². The Morgan fingerprint density at radius 2 is 1.86 bits per heavy atom. The Kier molecular flexibility index (Phi) is 14.5. The molecule has 1 aromatic carbocycles. The van der Waals surface area contributed by atoms with Crippen molar-refractivity contribution in [3.8, 4) is 0 Å². The van der Waals surface area contributed by atoms with Gasteiger partial charge in [-0.15, -0.1) is 0 Å². The molecule has 1 saturated heterocycles. The van der Waals surface area contributed by atoms with Crippen LogP contribution in [0.4, 0.5) is 10.6 Å². The monoisotopic (exact) mass is 728 g/mol. The van der Waals surface area contributed by atoms with Gasteiger partial charge < -0.3 is 24.1 Å². The molecule has 1 aliphatic heterocycles. The number of hydrogen-bond donors (Lipinski definition) is 3. The summed E-state index contributed by atoms with van der Waals surface area (Å²) in [5.41, 5.74) is -0.642. The van der Waals surface area contributed by atoms with Crippen molar-refractivity contribution < 1.29 is 52.1 Å². The van der Waals surface area contributed by atoms with Gasteiger partial charge in [0.1, 0.15) is 37.4 Å². The molecule has 272 valence electrons. The first-order valence-electron chi connectivity index (χ1n) is 15.5. The van der Waals surface area contributed by atoms with Crippen LogP contribution < -0.4 is 16.1 Å². The summed E-state index contributed by atoms with van der Waals surface area (Å²) in [7, 11) is -3.11. The van der Waals surface area contributed by atoms with E-state index in [1.807, 2.05) is 6.07 Å². The number of aromatic nitrogens is 2. The summed E-state index contributed by atoms with van der Waals surface area (Å²) in [5.74, 6) is -2.58. The third-order valence-electron chi connectivity index (χ3n) is 6.88. The minimum atomic E-state index is -4.33. The number of thioether (sulfide) groups is 1. The van der Waals surface area contributed by atoms with Crippen molar-refractivity contribution in [3.63, 3.8) is 0 Å². The van der Waals surface area contributed by atoms with E-state index in [0.717, 1.165) is 21.9 Å². The highest BCUT2D eigenvalue weighted by atomic mass is 32.2. The molecular weight excluding hydrogens is 683 g/mol. The Bertz CT molecular complexity index is 1540. The summed E-state index contributed by atoms with van der Waals surface area (Å²) in [6.07, 6.45) is -2.61. The molecule has 3 N–H and O–H groups in total. The predicted molar refractivity (Wildman–Crippen MR) is 179 cm³/mol. The lowest BCUT2D eigenvalue weighted by Crippen LogP contribution is -2.46. The van der Waals surface area contributed by atoms with Crippen LogP contribution in [0.1, 0.15) is 59.8 Å². The maximum Gasteiger partial charge on any atom is 0.413 e. The van der Waals surface area contributed by atoms with Crippen LogP contribution in [0.2, 0.25) is 0 Å². The van der Waals surface area contributed by atoms with E-state index in [2.05, 4.69) is 15.4 Å². The molecule has 18 heteroatoms. The Labute approximate surface area is 289 Å². The minimum absolute atomic E-state index is 0.0169. The third kappa shape index (κ3) is 12.0. The number of ether oxygens (including phenoxy) is 4. The van der Waals surface area contributed by atoms with Crippen LogP contribution in [0.25, 0.3) is 0 Å². The van der Waals surface area contributed by atoms with Gasteiger partial charge in [0.15, 0.2) is 5.12 Å². The van der Waals surface area contributed by atoms with E-state index in [9.17, 15) is 28.8 Å². The highest BCUT2D eigenvalue weighted by Crippen LogP contribution is 2.48. The molecule has 1 aromatic heterocycles. The predicted octanol–water partition coefficient (Wildman–Crippen LogP) is 3.99. The van der Waals surface area contributed by atoms with E-state index in [-0.39, 0.29) is 36.3 Å². The van der Waals surface area contributed by atoms with Crippen LogP contribution in [0.3, 0.4) is 0 Å². The van der Waals surface area contributed by atoms with E-state index in [0.29, 0.717) is 0 Å². The average molecular weight is 729 g/mol. The summed E-state index contributed by atoms with van der Waals surface area (Å²) in [4.78, 5) is 53.8. The fourth-order valence-electron chi connectivity index (χ4n) is 4.26. The maximum atomic E-state index is 13.9. The van der Waals surface area contributed by atoms with E-state index in [1.165, 1.54) is 26.3 Å². The van der Waals surface area contributed by atoms with Gasteiger partial charge in [-0.3, -0.25) is 28.5 Å². The van der Waals surface area contributed by atoms with Crippen LogP contribution in [0.5, 0.6) is 0 Å². The number of carbonyl (C=O) groups is 3. The summed E-state index contributed by atoms with van der Waals surface area (Å²) in [6, 6.07) is 9.23. The standard InChI is InChI=1S/C31H45N4O12PS/c1-20(2)46-26(37)21(3)34-48(41,44-15-16-49-27(38)30(4,5)6)45-19-31(42-7)23(36)17-25(47-31)35-14-13-24(32-28(35)39)33-29(40)43-18-22-11-9-8-10-12-22/h8-14,20-21,23,25,36H,15-19H2,1-7H3,(H,34,41)(H,32,33,39,40)/t21-,23-,25+,31+,48?/m0/s1. The number of aliphatic hydroxyl groups is 1. The van der Waals surface area contributed by atoms with Crippen molar-refractivity contribution in [2.45, 2.75) is 84.8 Å². The van der Waals surface area contributed by atoms with E-state index < -0.39 is 67.8 Å². The van der Waals surface area contributed by atoms with Gasteiger partial charge in [-0.25, -0.2) is 19.2 Å². The first-order valence-corrected chi connectivity index (χ1v) is 18.0. The Morgan fingerprint density at radius 3 is 2.47 bits per heavy atom. The molecule has 0 aliphatic carbocycles. The molecule has 1 aliphatic rings. The average Bonchev–Trinajstić information content (AvgIpc) is 3.36. The lowest BCUT2D eigenvalue weighted by atomic mass is 10.00. The number of aliphatic hydroxyl groups excluding tert-OH is 1. The van der Waals surface area contributed by atoms with Crippen molar-refractivity contribution in [2.24, 2.45) is 5.41 Å². The van der Waals surface area contributed by atoms with Gasteiger partial charge in [0.25, 0.3) is 0 Å². The summed E-state index contributed by atoms with van der Waals surface area (Å²) < 4.78 is 47.9. The molecule has 0 radical (unpaired) electrons. The van der Waals surface area contributed by atoms with Crippen LogP contribution >= 0.6 is 19.5 Å².